The Labute approximate surface area is 107 Å². The van der Waals surface area contributed by atoms with Gasteiger partial charge < -0.3 is 15.5 Å². The first-order valence-corrected chi connectivity index (χ1v) is 5.85. The van der Waals surface area contributed by atoms with E-state index in [0.717, 1.165) is 0 Å². The number of nitrogens with one attached hydrogen (secondary N) is 2. The molecular formula is C13H19N3O2. The highest BCUT2D eigenvalue weighted by molar-refractivity contribution is 5.94. The van der Waals surface area contributed by atoms with Crippen LogP contribution in [0, 0.1) is 0 Å². The molecule has 0 aliphatic carbocycles. The van der Waals surface area contributed by atoms with Gasteiger partial charge in [-0.2, -0.15) is 0 Å². The van der Waals surface area contributed by atoms with Crippen LogP contribution >= 0.6 is 0 Å². The van der Waals surface area contributed by atoms with Gasteiger partial charge in [0.25, 0.3) is 0 Å². The predicted octanol–water partition coefficient (Wildman–Crippen LogP) is 1.54. The smallest absolute Gasteiger partial charge is 0.238 e. The molecule has 0 bridgehead atoms. The zero-order valence-corrected chi connectivity index (χ0v) is 11.0. The summed E-state index contributed by atoms with van der Waals surface area (Å²) in [4.78, 5) is 24.6. The van der Waals surface area contributed by atoms with Crippen LogP contribution in [-0.2, 0) is 9.59 Å². The average Bonchev–Trinajstić information content (AvgIpc) is 2.28. The fourth-order valence-corrected chi connectivity index (χ4v) is 1.41. The Morgan fingerprint density at radius 1 is 1.11 bits per heavy atom. The highest BCUT2D eigenvalue weighted by Gasteiger charge is 2.05. The van der Waals surface area contributed by atoms with Gasteiger partial charge in [-0.3, -0.25) is 9.59 Å². The Kier molecular flexibility index (Phi) is 5.32. The van der Waals surface area contributed by atoms with E-state index >= 15 is 0 Å². The molecule has 1 aromatic rings. The van der Waals surface area contributed by atoms with Gasteiger partial charge in [0.2, 0.25) is 11.8 Å². The number of benzene rings is 1. The normalized spacial score (nSPS) is 10.2. The molecule has 0 aromatic heterocycles. The van der Waals surface area contributed by atoms with Crippen molar-refractivity contribution in [2.24, 2.45) is 0 Å². The molecule has 5 heteroatoms. The lowest BCUT2D eigenvalue weighted by Crippen LogP contribution is -2.27. The molecule has 0 heterocycles. The van der Waals surface area contributed by atoms with Crippen molar-refractivity contribution in [3.63, 3.8) is 0 Å². The molecule has 0 fully saturated rings. The summed E-state index contributed by atoms with van der Waals surface area (Å²) in [7, 11) is 3.66. The number of likely N-dealkylation sites (N-methyl/N-ethyl adjacent to an activating group) is 1. The number of hydrogen-bond acceptors (Lipinski definition) is 3. The first kappa shape index (κ1) is 14.2. The van der Waals surface area contributed by atoms with Crippen molar-refractivity contribution < 1.29 is 9.59 Å². The minimum Gasteiger partial charge on any atom is -0.326 e. The molecule has 1 rings (SSSR count). The molecule has 0 unspecified atom stereocenters. The van der Waals surface area contributed by atoms with E-state index in [2.05, 4.69) is 10.6 Å². The Bertz CT molecular complexity index is 430. The van der Waals surface area contributed by atoms with Crippen LogP contribution < -0.4 is 10.6 Å². The zero-order chi connectivity index (χ0) is 13.5. The van der Waals surface area contributed by atoms with E-state index < -0.39 is 0 Å². The van der Waals surface area contributed by atoms with Gasteiger partial charge in [0.1, 0.15) is 0 Å². The highest BCUT2D eigenvalue weighted by atomic mass is 16.2. The molecule has 2 amide bonds. The van der Waals surface area contributed by atoms with E-state index in [0.29, 0.717) is 24.3 Å². The van der Waals surface area contributed by atoms with Crippen LogP contribution in [0.2, 0.25) is 0 Å². The van der Waals surface area contributed by atoms with E-state index in [1.165, 1.54) is 0 Å². The minimum atomic E-state index is -0.0843. The molecule has 0 saturated carbocycles. The summed E-state index contributed by atoms with van der Waals surface area (Å²) >= 11 is 0. The Morgan fingerprint density at radius 2 is 1.67 bits per heavy atom. The molecular weight excluding hydrogens is 230 g/mol. The van der Waals surface area contributed by atoms with Crippen molar-refractivity contribution in [1.82, 2.24) is 4.90 Å². The van der Waals surface area contributed by atoms with Crippen LogP contribution in [0.1, 0.15) is 13.3 Å². The van der Waals surface area contributed by atoms with Crippen molar-refractivity contribution in [1.29, 1.82) is 0 Å². The van der Waals surface area contributed by atoms with Crippen molar-refractivity contribution >= 4 is 23.2 Å². The third-order valence-electron chi connectivity index (χ3n) is 2.21. The minimum absolute atomic E-state index is 0.0493. The Hall–Kier alpha value is -1.88. The maximum absolute atomic E-state index is 11.6. The quantitative estimate of drug-likeness (QED) is 0.832. The van der Waals surface area contributed by atoms with Crippen molar-refractivity contribution in [3.8, 4) is 0 Å². The molecule has 18 heavy (non-hydrogen) atoms. The number of hydrogen-bond donors (Lipinski definition) is 2. The first-order chi connectivity index (χ1) is 8.51. The maximum atomic E-state index is 11.6. The second kappa shape index (κ2) is 6.76. The maximum Gasteiger partial charge on any atom is 0.238 e. The molecule has 1 aromatic carbocycles. The van der Waals surface area contributed by atoms with Crippen molar-refractivity contribution in [2.45, 2.75) is 13.3 Å². The number of carbonyl (C=O) groups is 2. The summed E-state index contributed by atoms with van der Waals surface area (Å²) in [5.41, 5.74) is 1.36. The fourth-order valence-electron chi connectivity index (χ4n) is 1.41. The van der Waals surface area contributed by atoms with Crippen LogP contribution in [0.5, 0.6) is 0 Å². The van der Waals surface area contributed by atoms with Crippen molar-refractivity contribution in [2.75, 3.05) is 31.3 Å². The molecule has 0 aliphatic heterocycles. The lowest BCUT2D eigenvalue weighted by molar-refractivity contribution is -0.117. The largest absolute Gasteiger partial charge is 0.326 e. The topological polar surface area (TPSA) is 61.4 Å². The van der Waals surface area contributed by atoms with Gasteiger partial charge >= 0.3 is 0 Å². The summed E-state index contributed by atoms with van der Waals surface area (Å²) in [6, 6.07) is 7.10. The molecule has 0 saturated heterocycles. The fraction of sp³-hybridized carbons (Fsp3) is 0.385. The molecule has 5 nitrogen and oxygen atoms in total. The van der Waals surface area contributed by atoms with Gasteiger partial charge in [-0.15, -0.1) is 0 Å². The summed E-state index contributed by atoms with van der Waals surface area (Å²) in [5, 5.41) is 5.52. The average molecular weight is 249 g/mol. The van der Waals surface area contributed by atoms with Gasteiger partial charge in [0.05, 0.1) is 6.54 Å². The zero-order valence-electron chi connectivity index (χ0n) is 11.0. The molecule has 0 radical (unpaired) electrons. The van der Waals surface area contributed by atoms with Crippen LogP contribution in [0.15, 0.2) is 24.3 Å². The summed E-state index contributed by atoms with van der Waals surface area (Å²) in [6.07, 6.45) is 0.428. The molecule has 0 spiro atoms. The Balaban J connectivity index is 2.64. The third-order valence-corrected chi connectivity index (χ3v) is 2.21. The standard InChI is InChI=1S/C13H19N3O2/c1-4-12(17)14-10-6-5-7-11(8-10)15-13(18)9-16(2)3/h5-8H,4,9H2,1-3H3,(H,14,17)(H,15,18). The molecule has 0 atom stereocenters. The number of amides is 2. The van der Waals surface area contributed by atoms with E-state index in [4.69, 9.17) is 0 Å². The number of nitrogens with zero attached hydrogens (tertiary/aromatic N) is 1. The summed E-state index contributed by atoms with van der Waals surface area (Å²) in [6.45, 7) is 2.11. The summed E-state index contributed by atoms with van der Waals surface area (Å²) < 4.78 is 0. The van der Waals surface area contributed by atoms with Crippen LogP contribution in [0.25, 0.3) is 0 Å². The summed E-state index contributed by atoms with van der Waals surface area (Å²) in [5.74, 6) is -0.134. The van der Waals surface area contributed by atoms with Gasteiger partial charge in [-0.25, -0.2) is 0 Å². The van der Waals surface area contributed by atoms with Crippen LogP contribution in [0.3, 0.4) is 0 Å². The van der Waals surface area contributed by atoms with Crippen molar-refractivity contribution in [3.05, 3.63) is 24.3 Å². The molecule has 0 aliphatic rings. The lowest BCUT2D eigenvalue weighted by Gasteiger charge is -2.11. The van der Waals surface area contributed by atoms with Crippen LogP contribution in [0.4, 0.5) is 11.4 Å². The van der Waals surface area contributed by atoms with Gasteiger partial charge in [0.15, 0.2) is 0 Å². The van der Waals surface area contributed by atoms with Crippen LogP contribution in [-0.4, -0.2) is 37.4 Å². The van der Waals surface area contributed by atoms with E-state index in [1.807, 2.05) is 14.1 Å². The monoisotopic (exact) mass is 249 g/mol. The SMILES string of the molecule is CCC(=O)Nc1cccc(NC(=O)CN(C)C)c1. The van der Waals surface area contributed by atoms with Gasteiger partial charge in [0, 0.05) is 17.8 Å². The Morgan fingerprint density at radius 3 is 2.17 bits per heavy atom. The second-order valence-electron chi connectivity index (χ2n) is 4.27. The number of rotatable bonds is 5. The lowest BCUT2D eigenvalue weighted by atomic mass is 10.2. The second-order valence-corrected chi connectivity index (χ2v) is 4.27. The third kappa shape index (κ3) is 4.97. The van der Waals surface area contributed by atoms with Gasteiger partial charge in [-0.1, -0.05) is 13.0 Å². The predicted molar refractivity (Wildman–Crippen MR) is 72.5 cm³/mol. The van der Waals surface area contributed by atoms with E-state index in [1.54, 1.807) is 36.1 Å². The van der Waals surface area contributed by atoms with E-state index in [9.17, 15) is 9.59 Å². The highest BCUT2D eigenvalue weighted by Crippen LogP contribution is 2.15. The van der Waals surface area contributed by atoms with Gasteiger partial charge in [-0.05, 0) is 32.3 Å². The first-order valence-electron chi connectivity index (χ1n) is 5.85. The number of anilines is 2. The molecule has 98 valence electrons. The molecule has 2 N–H and O–H groups in total. The number of carbonyl (C=O) groups excluding carboxylic acids is 2. The van der Waals surface area contributed by atoms with E-state index in [-0.39, 0.29) is 11.8 Å².